The molecule has 0 amide bonds. The number of benzene rings is 1. The van der Waals surface area contributed by atoms with E-state index in [1.807, 2.05) is 31.0 Å². The molecule has 0 fully saturated rings. The maximum atomic E-state index is 8.63. The first-order valence-corrected chi connectivity index (χ1v) is 5.39. The summed E-state index contributed by atoms with van der Waals surface area (Å²) in [4.78, 5) is 1.95. The van der Waals surface area contributed by atoms with Gasteiger partial charge in [-0.3, -0.25) is 4.90 Å². The van der Waals surface area contributed by atoms with E-state index >= 15 is 0 Å². The molecule has 0 saturated heterocycles. The zero-order chi connectivity index (χ0) is 12.8. The summed E-state index contributed by atoms with van der Waals surface area (Å²) in [7, 11) is 5.16. The largest absolute Gasteiger partial charge is 0.493 e. The van der Waals surface area contributed by atoms with Crippen LogP contribution in [0.25, 0.3) is 0 Å². The summed E-state index contributed by atoms with van der Waals surface area (Å²) >= 11 is 0. The number of aryl methyl sites for hydroxylation is 1. The molecule has 0 aliphatic rings. The molecule has 1 rings (SSSR count). The topological polar surface area (TPSA) is 45.5 Å². The van der Waals surface area contributed by atoms with Crippen molar-refractivity contribution in [2.24, 2.45) is 0 Å². The fraction of sp³-hybridized carbons (Fsp3) is 0.462. The first kappa shape index (κ1) is 13.3. The summed E-state index contributed by atoms with van der Waals surface area (Å²) in [5.74, 6) is 1.45. The molecule has 0 atom stereocenters. The van der Waals surface area contributed by atoms with Crippen molar-refractivity contribution in [2.75, 3.05) is 27.8 Å². The lowest BCUT2D eigenvalue weighted by molar-refractivity contribution is 0.347. The van der Waals surface area contributed by atoms with Crippen molar-refractivity contribution in [3.63, 3.8) is 0 Å². The summed E-state index contributed by atoms with van der Waals surface area (Å²) in [6.45, 7) is 3.16. The Hall–Kier alpha value is -1.73. The molecule has 1 aromatic rings. The molecule has 1 aromatic carbocycles. The van der Waals surface area contributed by atoms with E-state index in [2.05, 4.69) is 6.07 Å². The fourth-order valence-corrected chi connectivity index (χ4v) is 1.66. The van der Waals surface area contributed by atoms with Crippen LogP contribution in [0.2, 0.25) is 0 Å². The van der Waals surface area contributed by atoms with Gasteiger partial charge in [-0.1, -0.05) is 0 Å². The van der Waals surface area contributed by atoms with Gasteiger partial charge >= 0.3 is 0 Å². The Kier molecular flexibility index (Phi) is 4.80. The van der Waals surface area contributed by atoms with E-state index in [-0.39, 0.29) is 0 Å². The van der Waals surface area contributed by atoms with Crippen LogP contribution in [-0.4, -0.2) is 32.7 Å². The molecule has 0 bridgehead atoms. The smallest absolute Gasteiger partial charge is 0.161 e. The van der Waals surface area contributed by atoms with Crippen molar-refractivity contribution in [3.8, 4) is 17.6 Å². The van der Waals surface area contributed by atoms with Crippen LogP contribution in [0.1, 0.15) is 11.1 Å². The fourth-order valence-electron chi connectivity index (χ4n) is 1.66. The summed E-state index contributed by atoms with van der Waals surface area (Å²) in [6, 6.07) is 6.04. The minimum Gasteiger partial charge on any atom is -0.493 e. The van der Waals surface area contributed by atoms with Crippen molar-refractivity contribution >= 4 is 0 Å². The van der Waals surface area contributed by atoms with E-state index in [4.69, 9.17) is 14.7 Å². The molecule has 0 N–H and O–H groups in total. The second kappa shape index (κ2) is 6.12. The van der Waals surface area contributed by atoms with Gasteiger partial charge in [-0.2, -0.15) is 5.26 Å². The van der Waals surface area contributed by atoms with Crippen LogP contribution in [-0.2, 0) is 6.54 Å². The highest BCUT2D eigenvalue weighted by Gasteiger charge is 2.09. The highest BCUT2D eigenvalue weighted by Crippen LogP contribution is 2.30. The van der Waals surface area contributed by atoms with Crippen LogP contribution in [0, 0.1) is 18.3 Å². The lowest BCUT2D eigenvalue weighted by Gasteiger charge is -2.17. The third kappa shape index (κ3) is 3.36. The minimum absolute atomic E-state index is 0.411. The van der Waals surface area contributed by atoms with Gasteiger partial charge in [-0.05, 0) is 37.2 Å². The Morgan fingerprint density at radius 3 is 2.35 bits per heavy atom. The van der Waals surface area contributed by atoms with E-state index < -0.39 is 0 Å². The lowest BCUT2D eigenvalue weighted by Crippen LogP contribution is -2.18. The Morgan fingerprint density at radius 1 is 1.24 bits per heavy atom. The molecule has 0 unspecified atom stereocenters. The molecule has 0 aliphatic carbocycles. The van der Waals surface area contributed by atoms with E-state index in [0.717, 1.165) is 29.2 Å². The molecule has 0 radical (unpaired) electrons. The van der Waals surface area contributed by atoms with Crippen molar-refractivity contribution in [1.82, 2.24) is 4.90 Å². The number of methoxy groups -OCH3 is 2. The first-order valence-electron chi connectivity index (χ1n) is 5.39. The number of hydrogen-bond acceptors (Lipinski definition) is 4. The molecule has 0 spiro atoms. The van der Waals surface area contributed by atoms with Gasteiger partial charge in [0.25, 0.3) is 0 Å². The number of rotatable bonds is 5. The molecular formula is C13H18N2O2. The Bertz CT molecular complexity index is 424. The van der Waals surface area contributed by atoms with Gasteiger partial charge in [0.1, 0.15) is 0 Å². The summed E-state index contributed by atoms with van der Waals surface area (Å²) < 4.78 is 10.5. The number of nitrogens with zero attached hydrogens (tertiary/aromatic N) is 2. The Labute approximate surface area is 102 Å². The molecule has 0 aliphatic heterocycles. The normalized spacial score (nSPS) is 10.1. The second-order valence-corrected chi connectivity index (χ2v) is 3.96. The minimum atomic E-state index is 0.411. The van der Waals surface area contributed by atoms with Crippen molar-refractivity contribution in [3.05, 3.63) is 23.3 Å². The predicted octanol–water partition coefficient (Wildman–Crippen LogP) is 1.97. The molecule has 0 heterocycles. The third-order valence-electron chi connectivity index (χ3n) is 2.62. The monoisotopic (exact) mass is 234 g/mol. The highest BCUT2D eigenvalue weighted by atomic mass is 16.5. The van der Waals surface area contributed by atoms with Crippen LogP contribution < -0.4 is 9.47 Å². The Morgan fingerprint density at radius 2 is 1.82 bits per heavy atom. The molecule has 0 aromatic heterocycles. The average molecular weight is 234 g/mol. The standard InChI is InChI=1S/C13H18N2O2/c1-10-7-12(16-3)13(17-4)8-11(10)9-15(2)6-5-14/h7-8H,6,9H2,1-4H3. The van der Waals surface area contributed by atoms with Crippen molar-refractivity contribution in [2.45, 2.75) is 13.5 Å². The summed E-state index contributed by atoms with van der Waals surface area (Å²) in [5, 5.41) is 8.63. The summed E-state index contributed by atoms with van der Waals surface area (Å²) in [5.41, 5.74) is 2.27. The predicted molar refractivity (Wildman–Crippen MR) is 66.2 cm³/mol. The van der Waals surface area contributed by atoms with E-state index in [0.29, 0.717) is 6.54 Å². The third-order valence-corrected chi connectivity index (χ3v) is 2.62. The van der Waals surface area contributed by atoms with E-state index in [1.54, 1.807) is 14.2 Å². The van der Waals surface area contributed by atoms with Gasteiger partial charge in [-0.15, -0.1) is 0 Å². The molecular weight excluding hydrogens is 216 g/mol. The average Bonchev–Trinajstić information content (AvgIpc) is 2.31. The molecule has 4 heteroatoms. The van der Waals surface area contributed by atoms with Crippen LogP contribution >= 0.6 is 0 Å². The maximum Gasteiger partial charge on any atom is 0.161 e. The van der Waals surface area contributed by atoms with Gasteiger partial charge in [0.2, 0.25) is 0 Å². The van der Waals surface area contributed by atoms with Crippen LogP contribution in [0.5, 0.6) is 11.5 Å². The van der Waals surface area contributed by atoms with Gasteiger partial charge < -0.3 is 9.47 Å². The van der Waals surface area contributed by atoms with Gasteiger partial charge in [0.05, 0.1) is 26.8 Å². The first-order chi connectivity index (χ1) is 8.12. The number of nitriles is 1. The lowest BCUT2D eigenvalue weighted by atomic mass is 10.1. The van der Waals surface area contributed by atoms with E-state index in [1.165, 1.54) is 0 Å². The zero-order valence-corrected chi connectivity index (χ0v) is 10.8. The molecule has 17 heavy (non-hydrogen) atoms. The quantitative estimate of drug-likeness (QED) is 0.731. The SMILES string of the molecule is COc1cc(C)c(CN(C)CC#N)cc1OC. The molecule has 0 saturated carbocycles. The van der Waals surface area contributed by atoms with Crippen LogP contribution in [0.15, 0.2) is 12.1 Å². The van der Waals surface area contributed by atoms with Gasteiger partial charge in [0.15, 0.2) is 11.5 Å². The zero-order valence-electron chi connectivity index (χ0n) is 10.8. The molecule has 4 nitrogen and oxygen atoms in total. The van der Waals surface area contributed by atoms with Gasteiger partial charge in [0, 0.05) is 6.54 Å². The van der Waals surface area contributed by atoms with Gasteiger partial charge in [-0.25, -0.2) is 0 Å². The maximum absolute atomic E-state index is 8.63. The number of hydrogen-bond donors (Lipinski definition) is 0. The Balaban J connectivity index is 2.97. The highest BCUT2D eigenvalue weighted by molar-refractivity contribution is 5.47. The molecule has 92 valence electrons. The van der Waals surface area contributed by atoms with Crippen LogP contribution in [0.3, 0.4) is 0 Å². The van der Waals surface area contributed by atoms with E-state index in [9.17, 15) is 0 Å². The van der Waals surface area contributed by atoms with Crippen molar-refractivity contribution < 1.29 is 9.47 Å². The van der Waals surface area contributed by atoms with Crippen molar-refractivity contribution in [1.29, 1.82) is 5.26 Å². The number of ether oxygens (including phenoxy) is 2. The summed E-state index contributed by atoms with van der Waals surface area (Å²) in [6.07, 6.45) is 0. The second-order valence-electron chi connectivity index (χ2n) is 3.96. The van der Waals surface area contributed by atoms with Crippen LogP contribution in [0.4, 0.5) is 0 Å².